The summed E-state index contributed by atoms with van der Waals surface area (Å²) >= 11 is 0. The van der Waals surface area contributed by atoms with Crippen molar-refractivity contribution in [2.45, 2.75) is 58.3 Å². The van der Waals surface area contributed by atoms with E-state index in [2.05, 4.69) is 22.1 Å². The van der Waals surface area contributed by atoms with Gasteiger partial charge in [0.1, 0.15) is 5.56 Å². The number of ether oxygens (including phenoxy) is 2. The van der Waals surface area contributed by atoms with Gasteiger partial charge in [-0.2, -0.15) is 28.2 Å². The molecule has 0 saturated heterocycles. The van der Waals surface area contributed by atoms with Crippen molar-refractivity contribution in [1.29, 1.82) is 0 Å². The summed E-state index contributed by atoms with van der Waals surface area (Å²) in [7, 11) is 1.42. The average molecular weight is 594 g/mol. The maximum absolute atomic E-state index is 15.5. The molecule has 1 saturated carbocycles. The lowest BCUT2D eigenvalue weighted by Gasteiger charge is -2.35. The molecule has 0 spiro atoms. The molecule has 42 heavy (non-hydrogen) atoms. The zero-order valence-electron chi connectivity index (χ0n) is 23.3. The van der Waals surface area contributed by atoms with Crippen LogP contribution in [0.2, 0.25) is 0 Å². The van der Waals surface area contributed by atoms with Crippen LogP contribution in [-0.4, -0.2) is 56.7 Å². The Hall–Kier alpha value is -4.07. The molecule has 226 valence electrons. The fourth-order valence-electron chi connectivity index (χ4n) is 5.04. The number of rotatable bonds is 10. The highest BCUT2D eigenvalue weighted by molar-refractivity contribution is 6.03. The minimum absolute atomic E-state index is 0.0348. The minimum Gasteiger partial charge on any atom is -0.478 e. The van der Waals surface area contributed by atoms with Gasteiger partial charge in [0.05, 0.1) is 42.8 Å². The zero-order chi connectivity index (χ0) is 30.6. The number of hydrogen-bond acceptors (Lipinski definition) is 7. The molecule has 1 amide bonds. The molecule has 2 aromatic heterocycles. The van der Waals surface area contributed by atoms with E-state index >= 15 is 4.39 Å². The molecule has 14 heteroatoms. The van der Waals surface area contributed by atoms with E-state index in [-0.39, 0.29) is 30.3 Å². The summed E-state index contributed by atoms with van der Waals surface area (Å²) in [5.74, 6) is -4.78. The number of amides is 1. The molecule has 1 atom stereocenters. The number of methoxy groups -OCH3 is 1. The summed E-state index contributed by atoms with van der Waals surface area (Å²) in [5, 5.41) is 17.7. The molecule has 1 unspecified atom stereocenters. The normalized spacial score (nSPS) is 18.0. The van der Waals surface area contributed by atoms with Crippen LogP contribution in [0.15, 0.2) is 36.8 Å². The lowest BCUT2D eigenvalue weighted by Crippen LogP contribution is -2.46. The second-order valence-corrected chi connectivity index (χ2v) is 10.4. The number of halogens is 4. The summed E-state index contributed by atoms with van der Waals surface area (Å²) in [6.07, 6.45) is 1.73. The first kappa shape index (κ1) is 30.9. The Morgan fingerprint density at radius 2 is 1.81 bits per heavy atom. The SMILES string of the molecule is COCC(C)N(C(=O)C1CCC(C)CC1)c1cc(F)c(Oc2ncc(Cn3nccn3)cc2C(F)(F)F)cc1C(=O)O. The third-order valence-corrected chi connectivity index (χ3v) is 7.20. The van der Waals surface area contributed by atoms with Gasteiger partial charge in [0.2, 0.25) is 11.8 Å². The quantitative estimate of drug-likeness (QED) is 0.303. The molecule has 3 aromatic rings. The van der Waals surface area contributed by atoms with Crippen molar-refractivity contribution < 1.29 is 41.7 Å². The molecule has 0 bridgehead atoms. The number of anilines is 1. The van der Waals surface area contributed by atoms with Crippen LogP contribution in [-0.2, 0) is 22.3 Å². The first-order valence-electron chi connectivity index (χ1n) is 13.4. The van der Waals surface area contributed by atoms with Crippen molar-refractivity contribution in [2.24, 2.45) is 11.8 Å². The molecule has 0 radical (unpaired) electrons. The molecule has 4 rings (SSSR count). The summed E-state index contributed by atoms with van der Waals surface area (Å²) in [6.45, 7) is 3.65. The predicted molar refractivity (Wildman–Crippen MR) is 142 cm³/mol. The molecule has 0 aliphatic heterocycles. The van der Waals surface area contributed by atoms with E-state index < -0.39 is 52.7 Å². The van der Waals surface area contributed by atoms with E-state index in [0.29, 0.717) is 18.8 Å². The fourth-order valence-corrected chi connectivity index (χ4v) is 5.04. The largest absolute Gasteiger partial charge is 0.478 e. The lowest BCUT2D eigenvalue weighted by atomic mass is 9.82. The van der Waals surface area contributed by atoms with Gasteiger partial charge < -0.3 is 19.5 Å². The highest BCUT2D eigenvalue weighted by Gasteiger charge is 2.37. The van der Waals surface area contributed by atoms with Crippen LogP contribution in [0.5, 0.6) is 11.6 Å². The van der Waals surface area contributed by atoms with Crippen molar-refractivity contribution in [2.75, 3.05) is 18.6 Å². The summed E-state index contributed by atoms with van der Waals surface area (Å²) in [5.41, 5.74) is -1.97. The van der Waals surface area contributed by atoms with Crippen LogP contribution >= 0.6 is 0 Å². The molecule has 10 nitrogen and oxygen atoms in total. The highest BCUT2D eigenvalue weighted by atomic mass is 19.4. The topological polar surface area (TPSA) is 120 Å². The van der Waals surface area contributed by atoms with Crippen molar-refractivity contribution in [1.82, 2.24) is 20.0 Å². The standard InChI is InChI=1S/C28H31F4N5O5/c1-16-4-6-19(7-5-16)26(38)37(17(2)15-41-3)23-12-22(29)24(11-20(23)27(39)40)42-25-21(28(30,31)32)10-18(13-33-25)14-36-34-8-9-35-36/h8-13,16-17,19H,4-7,14-15H2,1-3H3,(H,39,40). The number of hydrogen-bond donors (Lipinski definition) is 1. The highest BCUT2D eigenvalue weighted by Crippen LogP contribution is 2.40. The van der Waals surface area contributed by atoms with Crippen LogP contribution in [0, 0.1) is 17.7 Å². The van der Waals surface area contributed by atoms with Gasteiger partial charge in [-0.15, -0.1) is 0 Å². The third-order valence-electron chi connectivity index (χ3n) is 7.20. The van der Waals surface area contributed by atoms with E-state index in [4.69, 9.17) is 9.47 Å². The molecular formula is C28H31F4N5O5. The van der Waals surface area contributed by atoms with Gasteiger partial charge >= 0.3 is 12.1 Å². The second kappa shape index (κ2) is 12.8. The van der Waals surface area contributed by atoms with E-state index in [0.717, 1.165) is 42.0 Å². The molecule has 1 N–H and O–H groups in total. The molecule has 1 fully saturated rings. The Morgan fingerprint density at radius 3 is 2.40 bits per heavy atom. The number of aromatic carboxylic acids is 1. The van der Waals surface area contributed by atoms with E-state index in [1.165, 1.54) is 24.4 Å². The summed E-state index contributed by atoms with van der Waals surface area (Å²) < 4.78 is 67.7. The van der Waals surface area contributed by atoms with Crippen LogP contribution in [0.1, 0.15) is 61.0 Å². The van der Waals surface area contributed by atoms with Crippen LogP contribution < -0.4 is 9.64 Å². The Labute approximate surface area is 239 Å². The monoisotopic (exact) mass is 593 g/mol. The summed E-state index contributed by atoms with van der Waals surface area (Å²) in [6, 6.07) is 1.66. The average Bonchev–Trinajstić information content (AvgIpc) is 3.44. The number of alkyl halides is 3. The van der Waals surface area contributed by atoms with Gasteiger partial charge in [-0.1, -0.05) is 6.92 Å². The molecule has 2 heterocycles. The third kappa shape index (κ3) is 7.04. The number of carbonyl (C=O) groups is 2. The Kier molecular flexibility index (Phi) is 9.44. The van der Waals surface area contributed by atoms with E-state index in [9.17, 15) is 27.9 Å². The smallest absolute Gasteiger partial charge is 0.421 e. The fraction of sp³-hybridized carbons (Fsp3) is 0.464. The Bertz CT molecular complexity index is 1410. The zero-order valence-corrected chi connectivity index (χ0v) is 23.3. The van der Waals surface area contributed by atoms with Gasteiger partial charge in [-0.05, 0) is 50.2 Å². The number of benzene rings is 1. The van der Waals surface area contributed by atoms with Crippen molar-refractivity contribution in [3.05, 3.63) is 59.3 Å². The molecule has 1 aliphatic carbocycles. The maximum Gasteiger partial charge on any atom is 0.421 e. The number of carbonyl (C=O) groups excluding carboxylic acids is 1. The molecule has 1 aliphatic rings. The minimum atomic E-state index is -4.93. The maximum atomic E-state index is 15.5. The van der Waals surface area contributed by atoms with Crippen LogP contribution in [0.3, 0.4) is 0 Å². The van der Waals surface area contributed by atoms with Gasteiger partial charge in [0, 0.05) is 31.4 Å². The Balaban J connectivity index is 1.72. The predicted octanol–water partition coefficient (Wildman–Crippen LogP) is 5.56. The van der Waals surface area contributed by atoms with Crippen molar-refractivity contribution in [3.63, 3.8) is 0 Å². The number of carboxylic acid groups (broad SMARTS) is 1. The van der Waals surface area contributed by atoms with Gasteiger partial charge in [0.15, 0.2) is 11.6 Å². The van der Waals surface area contributed by atoms with E-state index in [1.807, 2.05) is 0 Å². The first-order valence-corrected chi connectivity index (χ1v) is 13.4. The first-order chi connectivity index (χ1) is 19.9. The number of nitrogens with zero attached hydrogens (tertiary/aromatic N) is 5. The number of carboxylic acids is 1. The summed E-state index contributed by atoms with van der Waals surface area (Å²) in [4.78, 5) is 32.1. The van der Waals surface area contributed by atoms with Crippen LogP contribution in [0.4, 0.5) is 23.2 Å². The van der Waals surface area contributed by atoms with Gasteiger partial charge in [-0.3, -0.25) is 4.79 Å². The lowest BCUT2D eigenvalue weighted by molar-refractivity contribution is -0.139. The molecule has 1 aromatic carbocycles. The number of pyridine rings is 1. The number of aromatic nitrogens is 4. The molecular weight excluding hydrogens is 562 g/mol. The Morgan fingerprint density at radius 1 is 1.14 bits per heavy atom. The van der Waals surface area contributed by atoms with Gasteiger partial charge in [0.25, 0.3) is 0 Å². The van der Waals surface area contributed by atoms with Crippen molar-refractivity contribution in [3.8, 4) is 11.6 Å². The second-order valence-electron chi connectivity index (χ2n) is 10.4. The van der Waals surface area contributed by atoms with E-state index in [1.54, 1.807) is 6.92 Å². The van der Waals surface area contributed by atoms with Gasteiger partial charge in [-0.25, -0.2) is 14.2 Å². The van der Waals surface area contributed by atoms with Crippen molar-refractivity contribution >= 4 is 17.6 Å². The van der Waals surface area contributed by atoms with Crippen LogP contribution in [0.25, 0.3) is 0 Å².